The van der Waals surface area contributed by atoms with Gasteiger partial charge in [0.15, 0.2) is 0 Å². The van der Waals surface area contributed by atoms with Crippen molar-refractivity contribution in [2.75, 3.05) is 6.61 Å². The Morgan fingerprint density at radius 3 is 2.83 bits per heavy atom. The Labute approximate surface area is 80.5 Å². The minimum absolute atomic E-state index is 0.0166. The monoisotopic (exact) mass is 229 g/mol. The molecule has 0 aliphatic heterocycles. The molecular weight excluding hydrogens is 218 g/mol. The summed E-state index contributed by atoms with van der Waals surface area (Å²) < 4.78 is 1.03. The number of nitrogens with two attached hydrogens (primary N) is 1. The van der Waals surface area contributed by atoms with Crippen LogP contribution in [0.25, 0.3) is 0 Å². The van der Waals surface area contributed by atoms with E-state index in [0.717, 1.165) is 15.6 Å². The first kappa shape index (κ1) is 9.71. The second-order valence-corrected chi connectivity index (χ2v) is 3.60. The zero-order chi connectivity index (χ0) is 9.14. The normalized spacial score (nSPS) is 13.0. The molecule has 0 saturated heterocycles. The Balaban J connectivity index is 3.07. The molecule has 1 aromatic carbocycles. The molecule has 1 unspecified atom stereocenters. The summed E-state index contributed by atoms with van der Waals surface area (Å²) >= 11 is 3.41. The van der Waals surface area contributed by atoms with Crippen molar-refractivity contribution in [1.82, 2.24) is 0 Å². The van der Waals surface area contributed by atoms with Crippen molar-refractivity contribution in [3.63, 3.8) is 0 Å². The highest BCUT2D eigenvalue weighted by atomic mass is 79.9. The lowest BCUT2D eigenvalue weighted by Crippen LogP contribution is -2.15. The zero-order valence-corrected chi connectivity index (χ0v) is 8.51. The third kappa shape index (κ3) is 1.86. The quantitative estimate of drug-likeness (QED) is 0.812. The van der Waals surface area contributed by atoms with Crippen molar-refractivity contribution < 1.29 is 5.11 Å². The molecule has 0 heterocycles. The van der Waals surface area contributed by atoms with Crippen molar-refractivity contribution >= 4 is 15.9 Å². The largest absolute Gasteiger partial charge is 0.394 e. The molecule has 0 spiro atoms. The van der Waals surface area contributed by atoms with Crippen LogP contribution in [0.2, 0.25) is 0 Å². The molecule has 1 rings (SSSR count). The Hall–Kier alpha value is -0.380. The number of hydrogen-bond donors (Lipinski definition) is 2. The highest BCUT2D eigenvalue weighted by Gasteiger charge is 2.08. The van der Waals surface area contributed by atoms with Gasteiger partial charge in [0.2, 0.25) is 0 Å². The molecule has 0 bridgehead atoms. The molecule has 0 fully saturated rings. The fourth-order valence-corrected chi connectivity index (χ4v) is 1.51. The maximum absolute atomic E-state index is 8.86. The van der Waals surface area contributed by atoms with Gasteiger partial charge in [-0.15, -0.1) is 0 Å². The average molecular weight is 230 g/mol. The Kier molecular flexibility index (Phi) is 3.26. The molecular formula is C9H12BrNO. The van der Waals surface area contributed by atoms with Gasteiger partial charge in [0, 0.05) is 4.47 Å². The molecule has 2 nitrogen and oxygen atoms in total. The van der Waals surface area contributed by atoms with Crippen LogP contribution in [0.15, 0.2) is 22.7 Å². The first-order valence-electron chi connectivity index (χ1n) is 3.78. The van der Waals surface area contributed by atoms with E-state index in [2.05, 4.69) is 15.9 Å². The van der Waals surface area contributed by atoms with Crippen LogP contribution in [0.1, 0.15) is 17.2 Å². The molecule has 3 N–H and O–H groups in total. The highest BCUT2D eigenvalue weighted by Crippen LogP contribution is 2.22. The molecule has 0 aliphatic rings. The van der Waals surface area contributed by atoms with Gasteiger partial charge in [-0.3, -0.25) is 0 Å². The maximum atomic E-state index is 8.86. The molecule has 0 aliphatic carbocycles. The third-order valence-corrected chi connectivity index (χ3v) is 2.76. The van der Waals surface area contributed by atoms with Gasteiger partial charge < -0.3 is 10.8 Å². The van der Waals surface area contributed by atoms with Crippen molar-refractivity contribution in [3.8, 4) is 0 Å². The fraction of sp³-hybridized carbons (Fsp3) is 0.333. The maximum Gasteiger partial charge on any atom is 0.0624 e. The highest BCUT2D eigenvalue weighted by molar-refractivity contribution is 9.10. The van der Waals surface area contributed by atoms with Gasteiger partial charge in [-0.2, -0.15) is 0 Å². The number of benzene rings is 1. The summed E-state index contributed by atoms with van der Waals surface area (Å²) in [6, 6.07) is 5.54. The van der Waals surface area contributed by atoms with Crippen LogP contribution in [-0.4, -0.2) is 11.7 Å². The van der Waals surface area contributed by atoms with E-state index in [1.165, 1.54) is 0 Å². The zero-order valence-electron chi connectivity index (χ0n) is 6.92. The number of aliphatic hydroxyl groups is 1. The van der Waals surface area contributed by atoms with Crippen LogP contribution in [-0.2, 0) is 0 Å². The summed E-state index contributed by atoms with van der Waals surface area (Å²) in [6.07, 6.45) is 0. The Morgan fingerprint density at radius 2 is 2.25 bits per heavy atom. The van der Waals surface area contributed by atoms with E-state index in [0.29, 0.717) is 0 Å². The van der Waals surface area contributed by atoms with Crippen LogP contribution in [0.3, 0.4) is 0 Å². The predicted octanol–water partition coefficient (Wildman–Crippen LogP) is 1.75. The second kappa shape index (κ2) is 4.03. The van der Waals surface area contributed by atoms with Crippen LogP contribution in [0, 0.1) is 6.92 Å². The van der Waals surface area contributed by atoms with Crippen LogP contribution >= 0.6 is 15.9 Å². The second-order valence-electron chi connectivity index (χ2n) is 2.74. The first-order valence-corrected chi connectivity index (χ1v) is 4.57. The van der Waals surface area contributed by atoms with E-state index in [-0.39, 0.29) is 12.6 Å². The molecule has 3 heteroatoms. The van der Waals surface area contributed by atoms with Crippen molar-refractivity contribution in [3.05, 3.63) is 33.8 Å². The first-order chi connectivity index (χ1) is 5.66. The lowest BCUT2D eigenvalue weighted by atomic mass is 10.0. The van der Waals surface area contributed by atoms with E-state index >= 15 is 0 Å². The van der Waals surface area contributed by atoms with Gasteiger partial charge in [-0.1, -0.05) is 28.1 Å². The number of rotatable bonds is 2. The SMILES string of the molecule is Cc1c(Br)cccc1C(N)CO. The summed E-state index contributed by atoms with van der Waals surface area (Å²) in [5.41, 5.74) is 7.78. The minimum atomic E-state index is -0.275. The molecule has 0 aromatic heterocycles. The lowest BCUT2D eigenvalue weighted by Gasteiger charge is -2.12. The van der Waals surface area contributed by atoms with Gasteiger partial charge in [0.25, 0.3) is 0 Å². The Bertz CT molecular complexity index is 275. The standard InChI is InChI=1S/C9H12BrNO/c1-6-7(9(11)5-12)3-2-4-8(6)10/h2-4,9,12H,5,11H2,1H3. The molecule has 12 heavy (non-hydrogen) atoms. The minimum Gasteiger partial charge on any atom is -0.394 e. The van der Waals surface area contributed by atoms with Crippen LogP contribution in [0.4, 0.5) is 0 Å². The summed E-state index contributed by atoms with van der Waals surface area (Å²) in [6.45, 7) is 1.96. The van der Waals surface area contributed by atoms with Gasteiger partial charge in [-0.25, -0.2) is 0 Å². The van der Waals surface area contributed by atoms with E-state index < -0.39 is 0 Å². The van der Waals surface area contributed by atoms with E-state index in [1.807, 2.05) is 25.1 Å². The van der Waals surface area contributed by atoms with E-state index in [9.17, 15) is 0 Å². The van der Waals surface area contributed by atoms with Crippen LogP contribution < -0.4 is 5.73 Å². The molecule has 0 radical (unpaired) electrons. The number of hydrogen-bond acceptors (Lipinski definition) is 2. The van der Waals surface area contributed by atoms with E-state index in [4.69, 9.17) is 10.8 Å². The molecule has 0 saturated carbocycles. The van der Waals surface area contributed by atoms with Crippen molar-refractivity contribution in [2.24, 2.45) is 5.73 Å². The van der Waals surface area contributed by atoms with Gasteiger partial charge in [0.05, 0.1) is 12.6 Å². The third-order valence-electron chi connectivity index (χ3n) is 1.91. The summed E-state index contributed by atoms with van der Waals surface area (Å²) in [5, 5.41) is 8.86. The van der Waals surface area contributed by atoms with Crippen molar-refractivity contribution in [2.45, 2.75) is 13.0 Å². The molecule has 1 aromatic rings. The molecule has 1 atom stereocenters. The van der Waals surface area contributed by atoms with Crippen LogP contribution in [0.5, 0.6) is 0 Å². The van der Waals surface area contributed by atoms with Gasteiger partial charge in [-0.05, 0) is 24.1 Å². The van der Waals surface area contributed by atoms with Gasteiger partial charge >= 0.3 is 0 Å². The van der Waals surface area contributed by atoms with Crippen molar-refractivity contribution in [1.29, 1.82) is 0 Å². The number of halogens is 1. The fourth-order valence-electron chi connectivity index (χ4n) is 1.12. The smallest absolute Gasteiger partial charge is 0.0624 e. The topological polar surface area (TPSA) is 46.2 Å². The predicted molar refractivity (Wildman–Crippen MR) is 52.9 cm³/mol. The van der Waals surface area contributed by atoms with E-state index in [1.54, 1.807) is 0 Å². The summed E-state index contributed by atoms with van der Waals surface area (Å²) in [7, 11) is 0. The summed E-state index contributed by atoms with van der Waals surface area (Å²) in [4.78, 5) is 0. The molecule has 0 amide bonds. The van der Waals surface area contributed by atoms with Gasteiger partial charge in [0.1, 0.15) is 0 Å². The summed E-state index contributed by atoms with van der Waals surface area (Å²) in [5.74, 6) is 0. The average Bonchev–Trinajstić information content (AvgIpc) is 2.08. The lowest BCUT2D eigenvalue weighted by molar-refractivity contribution is 0.267. The molecule has 66 valence electrons. The Morgan fingerprint density at radius 1 is 1.58 bits per heavy atom. The number of aliphatic hydroxyl groups excluding tert-OH is 1.